The van der Waals surface area contributed by atoms with Crippen molar-refractivity contribution < 1.29 is 9.59 Å². The molecule has 1 aromatic heterocycles. The number of nitrogens with one attached hydrogen (secondary N) is 2. The molecule has 5 rings (SSSR count). The number of halogens is 1. The van der Waals surface area contributed by atoms with E-state index < -0.39 is 0 Å². The Kier molecular flexibility index (Phi) is 8.08. The molecule has 3 heterocycles. The summed E-state index contributed by atoms with van der Waals surface area (Å²) in [5, 5.41) is 12.9. The van der Waals surface area contributed by atoms with E-state index in [0.29, 0.717) is 43.2 Å². The summed E-state index contributed by atoms with van der Waals surface area (Å²) in [4.78, 5) is 30.6. The average Bonchev–Trinajstić information content (AvgIpc) is 3.51. The third-order valence-electron chi connectivity index (χ3n) is 7.49. The molecular weight excluding hydrogens is 488 g/mol. The Morgan fingerprint density at radius 2 is 1.86 bits per heavy atom. The molecule has 2 atom stereocenters. The molecule has 9 heteroatoms. The number of carbonyl (C=O) groups excluding carboxylic acids is 2. The van der Waals surface area contributed by atoms with E-state index in [9.17, 15) is 9.59 Å². The van der Waals surface area contributed by atoms with E-state index in [1.807, 2.05) is 65.2 Å². The molecule has 2 bridgehead atoms. The van der Waals surface area contributed by atoms with Crippen molar-refractivity contribution in [3.63, 3.8) is 0 Å². The van der Waals surface area contributed by atoms with Crippen molar-refractivity contribution >= 4 is 34.3 Å². The van der Waals surface area contributed by atoms with Crippen LogP contribution in [-0.4, -0.2) is 76.2 Å². The number of hydrogen-bond donors (Lipinski definition) is 2. The smallest absolute Gasteiger partial charge is 0.254 e. The fraction of sp³-hybridized carbons (Fsp3) is 0.464. The Bertz CT molecular complexity index is 1250. The third-order valence-corrected chi connectivity index (χ3v) is 7.81. The Hall–Kier alpha value is -2.94. The highest BCUT2D eigenvalue weighted by Gasteiger charge is 2.35. The minimum Gasteiger partial charge on any atom is -0.355 e. The van der Waals surface area contributed by atoms with Crippen LogP contribution in [0, 0.1) is 0 Å². The topological polar surface area (TPSA) is 82.5 Å². The first kappa shape index (κ1) is 25.7. The summed E-state index contributed by atoms with van der Waals surface area (Å²) in [5.41, 5.74) is 2.68. The van der Waals surface area contributed by atoms with E-state index in [1.165, 1.54) is 0 Å². The van der Waals surface area contributed by atoms with Gasteiger partial charge in [0.05, 0.1) is 22.3 Å². The average molecular weight is 523 g/mol. The Labute approximate surface area is 222 Å². The summed E-state index contributed by atoms with van der Waals surface area (Å²) < 4.78 is 1.89. The van der Waals surface area contributed by atoms with Crippen molar-refractivity contribution in [3.8, 4) is 0 Å². The number of aryl methyl sites for hydroxylation is 1. The Morgan fingerprint density at radius 1 is 1.05 bits per heavy atom. The van der Waals surface area contributed by atoms with Crippen molar-refractivity contribution in [2.24, 2.45) is 7.05 Å². The van der Waals surface area contributed by atoms with Crippen LogP contribution in [0.2, 0.25) is 5.02 Å². The lowest BCUT2D eigenvalue weighted by atomic mass is 10.1. The lowest BCUT2D eigenvalue weighted by Crippen LogP contribution is -2.43. The second-order valence-corrected chi connectivity index (χ2v) is 10.5. The number of amides is 2. The molecule has 0 aliphatic carbocycles. The van der Waals surface area contributed by atoms with Crippen LogP contribution in [0.4, 0.5) is 0 Å². The van der Waals surface area contributed by atoms with Crippen LogP contribution in [-0.2, 0) is 18.4 Å². The van der Waals surface area contributed by atoms with Gasteiger partial charge in [-0.1, -0.05) is 35.9 Å². The van der Waals surface area contributed by atoms with Gasteiger partial charge in [-0.05, 0) is 56.5 Å². The standard InChI is InChI=1S/C28H35ClN6O2/c1-33-25-12-7-11-22(29)26(25)24(32-33)19-34-14-6-5-13-30-27(36)23-17-21(18-31-23)35(16-8-15-34)28(37)20-9-3-2-4-10-20/h2-4,7,9-12,21,23,31H,5-6,8,13-19H2,1H3,(H,30,36)/t21-,23-/m0/s1. The maximum atomic E-state index is 13.5. The number of fused-ring (bicyclic) bond motifs is 3. The van der Waals surface area contributed by atoms with Gasteiger partial charge in [-0.15, -0.1) is 0 Å². The van der Waals surface area contributed by atoms with E-state index >= 15 is 0 Å². The molecule has 0 radical (unpaired) electrons. The summed E-state index contributed by atoms with van der Waals surface area (Å²) in [6.45, 7) is 4.33. The Morgan fingerprint density at radius 3 is 2.70 bits per heavy atom. The summed E-state index contributed by atoms with van der Waals surface area (Å²) in [7, 11) is 1.95. The molecule has 2 amide bonds. The highest BCUT2D eigenvalue weighted by atomic mass is 35.5. The van der Waals surface area contributed by atoms with Crippen molar-refractivity contribution in [3.05, 3.63) is 64.8 Å². The van der Waals surface area contributed by atoms with Crippen LogP contribution in [0.3, 0.4) is 0 Å². The summed E-state index contributed by atoms with van der Waals surface area (Å²) in [6, 6.07) is 15.1. The quantitative estimate of drug-likeness (QED) is 0.552. The molecule has 0 saturated carbocycles. The van der Waals surface area contributed by atoms with E-state index in [-0.39, 0.29) is 23.9 Å². The van der Waals surface area contributed by atoms with Gasteiger partial charge >= 0.3 is 0 Å². The van der Waals surface area contributed by atoms with Gasteiger partial charge in [0.1, 0.15) is 0 Å². The molecule has 2 aromatic carbocycles. The third kappa shape index (κ3) is 5.81. The van der Waals surface area contributed by atoms with Crippen LogP contribution in [0.5, 0.6) is 0 Å². The molecule has 2 aliphatic heterocycles. The second kappa shape index (κ2) is 11.6. The fourth-order valence-corrected chi connectivity index (χ4v) is 5.83. The molecule has 0 spiro atoms. The lowest BCUT2D eigenvalue weighted by molar-refractivity contribution is -0.122. The highest BCUT2D eigenvalue weighted by molar-refractivity contribution is 6.35. The molecule has 0 unspecified atom stereocenters. The van der Waals surface area contributed by atoms with Crippen LogP contribution < -0.4 is 10.6 Å². The monoisotopic (exact) mass is 522 g/mol. The normalized spacial score (nSPS) is 22.1. The van der Waals surface area contributed by atoms with Gasteiger partial charge in [0, 0.05) is 56.8 Å². The largest absolute Gasteiger partial charge is 0.355 e. The molecule has 2 fully saturated rings. The molecular formula is C28H35ClN6O2. The number of rotatable bonds is 3. The number of carbonyl (C=O) groups is 2. The van der Waals surface area contributed by atoms with E-state index in [0.717, 1.165) is 48.9 Å². The van der Waals surface area contributed by atoms with Crippen LogP contribution in [0.25, 0.3) is 10.9 Å². The van der Waals surface area contributed by atoms with Gasteiger partial charge in [-0.25, -0.2) is 0 Å². The van der Waals surface area contributed by atoms with Gasteiger partial charge in [-0.2, -0.15) is 5.10 Å². The van der Waals surface area contributed by atoms with Crippen LogP contribution >= 0.6 is 11.6 Å². The van der Waals surface area contributed by atoms with Crippen molar-refractivity contribution in [1.82, 2.24) is 30.2 Å². The molecule has 2 aliphatic rings. The Balaban J connectivity index is 1.36. The first-order valence-corrected chi connectivity index (χ1v) is 13.6. The van der Waals surface area contributed by atoms with E-state index in [4.69, 9.17) is 16.7 Å². The van der Waals surface area contributed by atoms with Crippen molar-refractivity contribution in [1.29, 1.82) is 0 Å². The zero-order valence-corrected chi connectivity index (χ0v) is 22.1. The molecule has 37 heavy (non-hydrogen) atoms. The molecule has 196 valence electrons. The lowest BCUT2D eigenvalue weighted by Gasteiger charge is -2.30. The summed E-state index contributed by atoms with van der Waals surface area (Å²) in [6.07, 6.45) is 3.35. The maximum absolute atomic E-state index is 13.5. The second-order valence-electron chi connectivity index (χ2n) is 10.0. The SMILES string of the molecule is Cn1nc(CN2CCCCNC(=O)[C@@H]3C[C@@H](CN3)N(C(=O)c3ccccc3)CCC2)c2c(Cl)cccc21. The van der Waals surface area contributed by atoms with Gasteiger partial charge in [0.2, 0.25) is 5.91 Å². The van der Waals surface area contributed by atoms with E-state index in [1.54, 1.807) is 0 Å². The van der Waals surface area contributed by atoms with Gasteiger partial charge in [0.15, 0.2) is 0 Å². The van der Waals surface area contributed by atoms with Gasteiger partial charge < -0.3 is 15.5 Å². The van der Waals surface area contributed by atoms with Crippen LogP contribution in [0.1, 0.15) is 41.7 Å². The summed E-state index contributed by atoms with van der Waals surface area (Å²) in [5.74, 6) is 0.0488. The number of aromatic nitrogens is 2. The fourth-order valence-electron chi connectivity index (χ4n) is 5.56. The zero-order chi connectivity index (χ0) is 25.8. The molecule has 3 aromatic rings. The van der Waals surface area contributed by atoms with Crippen molar-refractivity contribution in [2.75, 3.05) is 32.7 Å². The maximum Gasteiger partial charge on any atom is 0.254 e. The van der Waals surface area contributed by atoms with Gasteiger partial charge in [0.25, 0.3) is 5.91 Å². The first-order valence-electron chi connectivity index (χ1n) is 13.2. The first-order chi connectivity index (χ1) is 18.0. The zero-order valence-electron chi connectivity index (χ0n) is 21.3. The predicted octanol–water partition coefficient (Wildman–Crippen LogP) is 3.20. The molecule has 8 nitrogen and oxygen atoms in total. The molecule has 2 N–H and O–H groups in total. The van der Waals surface area contributed by atoms with Crippen LogP contribution in [0.15, 0.2) is 48.5 Å². The van der Waals surface area contributed by atoms with E-state index in [2.05, 4.69) is 15.5 Å². The number of benzene rings is 2. The summed E-state index contributed by atoms with van der Waals surface area (Å²) >= 11 is 6.57. The minimum absolute atomic E-state index is 0.0154. The minimum atomic E-state index is -0.252. The highest BCUT2D eigenvalue weighted by Crippen LogP contribution is 2.27. The van der Waals surface area contributed by atoms with Crippen molar-refractivity contribution in [2.45, 2.75) is 44.3 Å². The van der Waals surface area contributed by atoms with Gasteiger partial charge in [-0.3, -0.25) is 19.2 Å². The number of hydrogen-bond acceptors (Lipinski definition) is 5. The predicted molar refractivity (Wildman–Crippen MR) is 146 cm³/mol. The number of nitrogens with zero attached hydrogens (tertiary/aromatic N) is 4. The molecule has 2 saturated heterocycles.